The molecule has 4 N–H and O–H groups in total. The van der Waals surface area contributed by atoms with Crippen molar-refractivity contribution in [3.05, 3.63) is 24.0 Å². The van der Waals surface area contributed by atoms with Gasteiger partial charge in [-0.3, -0.25) is 9.78 Å². The van der Waals surface area contributed by atoms with Crippen LogP contribution in [0.4, 0.5) is 0 Å². The second-order valence-electron chi connectivity index (χ2n) is 2.73. The number of hydrogen-bond acceptors (Lipinski definition) is 4. The number of amides is 1. The lowest BCUT2D eigenvalue weighted by molar-refractivity contribution is 0.0995. The van der Waals surface area contributed by atoms with Crippen molar-refractivity contribution in [2.45, 2.75) is 6.42 Å². The highest BCUT2D eigenvalue weighted by molar-refractivity contribution is 5.91. The summed E-state index contributed by atoms with van der Waals surface area (Å²) >= 11 is 0. The highest BCUT2D eigenvalue weighted by atomic mass is 16.5. The minimum atomic E-state index is -0.561. The molecule has 1 amide bonds. The maximum atomic E-state index is 10.8. The van der Waals surface area contributed by atoms with Gasteiger partial charge in [0.15, 0.2) is 0 Å². The molecule has 0 fully saturated rings. The van der Waals surface area contributed by atoms with Crippen LogP contribution in [0.15, 0.2) is 18.3 Å². The number of carbonyl (C=O) groups excluding carboxylic acids is 1. The van der Waals surface area contributed by atoms with Crippen molar-refractivity contribution in [3.8, 4) is 5.75 Å². The molecule has 0 spiro atoms. The van der Waals surface area contributed by atoms with Crippen LogP contribution in [0.1, 0.15) is 16.9 Å². The number of nitrogens with zero attached hydrogens (tertiary/aromatic N) is 1. The van der Waals surface area contributed by atoms with E-state index >= 15 is 0 Å². The van der Waals surface area contributed by atoms with Gasteiger partial charge in [-0.05, 0) is 19.0 Å². The molecule has 0 radical (unpaired) electrons. The molecule has 5 heteroatoms. The number of primary amides is 1. The number of rotatable bonds is 5. The van der Waals surface area contributed by atoms with E-state index in [9.17, 15) is 4.79 Å². The number of pyridine rings is 1. The van der Waals surface area contributed by atoms with Crippen LogP contribution in [-0.2, 0) is 0 Å². The Balaban J connectivity index is 2.59. The zero-order valence-corrected chi connectivity index (χ0v) is 7.77. The maximum absolute atomic E-state index is 10.8. The van der Waals surface area contributed by atoms with Crippen LogP contribution in [0.5, 0.6) is 5.75 Å². The Labute approximate surface area is 82.1 Å². The van der Waals surface area contributed by atoms with Crippen LogP contribution >= 0.6 is 0 Å². The average molecular weight is 195 g/mol. The zero-order chi connectivity index (χ0) is 10.4. The van der Waals surface area contributed by atoms with Gasteiger partial charge in [-0.2, -0.15) is 0 Å². The fourth-order valence-corrected chi connectivity index (χ4v) is 0.909. The van der Waals surface area contributed by atoms with Crippen molar-refractivity contribution in [2.24, 2.45) is 11.5 Å². The molecule has 0 aliphatic carbocycles. The fourth-order valence-electron chi connectivity index (χ4n) is 0.909. The fraction of sp³-hybridized carbons (Fsp3) is 0.333. The van der Waals surface area contributed by atoms with Crippen LogP contribution in [-0.4, -0.2) is 24.0 Å². The first kappa shape index (κ1) is 10.5. The van der Waals surface area contributed by atoms with Gasteiger partial charge in [0.05, 0.1) is 6.61 Å². The predicted octanol–water partition coefficient (Wildman–Crippen LogP) is -0.0919. The molecule has 1 rings (SSSR count). The van der Waals surface area contributed by atoms with Gasteiger partial charge in [0, 0.05) is 12.3 Å². The SMILES string of the molecule is NCCCOc1ccnc(C(N)=O)c1. The first-order valence-corrected chi connectivity index (χ1v) is 4.33. The van der Waals surface area contributed by atoms with Crippen molar-refractivity contribution < 1.29 is 9.53 Å². The van der Waals surface area contributed by atoms with E-state index in [1.54, 1.807) is 6.07 Å². The minimum absolute atomic E-state index is 0.204. The van der Waals surface area contributed by atoms with E-state index < -0.39 is 5.91 Å². The van der Waals surface area contributed by atoms with E-state index in [2.05, 4.69) is 4.98 Å². The second-order valence-corrected chi connectivity index (χ2v) is 2.73. The molecule has 1 heterocycles. The molecular weight excluding hydrogens is 182 g/mol. The molecule has 76 valence electrons. The zero-order valence-electron chi connectivity index (χ0n) is 7.77. The summed E-state index contributed by atoms with van der Waals surface area (Å²) in [5, 5.41) is 0. The van der Waals surface area contributed by atoms with Crippen LogP contribution in [0, 0.1) is 0 Å². The summed E-state index contributed by atoms with van der Waals surface area (Å²) in [5.41, 5.74) is 10.6. The van der Waals surface area contributed by atoms with Crippen LogP contribution in [0.3, 0.4) is 0 Å². The summed E-state index contributed by atoms with van der Waals surface area (Å²) in [4.78, 5) is 14.6. The van der Waals surface area contributed by atoms with E-state index in [1.165, 1.54) is 12.3 Å². The monoisotopic (exact) mass is 195 g/mol. The van der Waals surface area contributed by atoms with Crippen molar-refractivity contribution in [2.75, 3.05) is 13.2 Å². The molecule has 1 aromatic heterocycles. The van der Waals surface area contributed by atoms with E-state index in [-0.39, 0.29) is 5.69 Å². The normalized spacial score (nSPS) is 9.79. The summed E-state index contributed by atoms with van der Waals surface area (Å²) < 4.78 is 5.31. The Kier molecular flexibility index (Phi) is 3.87. The van der Waals surface area contributed by atoms with Crippen LogP contribution in [0.2, 0.25) is 0 Å². The van der Waals surface area contributed by atoms with E-state index in [0.29, 0.717) is 18.9 Å². The third-order valence-electron chi connectivity index (χ3n) is 1.60. The smallest absolute Gasteiger partial charge is 0.267 e. The lowest BCUT2D eigenvalue weighted by Crippen LogP contribution is -2.13. The molecule has 1 aromatic rings. The van der Waals surface area contributed by atoms with Gasteiger partial charge in [-0.15, -0.1) is 0 Å². The Hall–Kier alpha value is -1.62. The summed E-state index contributed by atoms with van der Waals surface area (Å²) in [5.74, 6) is 0.0246. The third-order valence-corrected chi connectivity index (χ3v) is 1.60. The molecule has 0 saturated heterocycles. The van der Waals surface area contributed by atoms with Gasteiger partial charge in [0.25, 0.3) is 5.91 Å². The average Bonchev–Trinajstić information content (AvgIpc) is 2.19. The van der Waals surface area contributed by atoms with E-state index in [4.69, 9.17) is 16.2 Å². The molecular formula is C9H13N3O2. The maximum Gasteiger partial charge on any atom is 0.267 e. The molecule has 0 atom stereocenters. The van der Waals surface area contributed by atoms with Gasteiger partial charge < -0.3 is 16.2 Å². The molecule has 0 bridgehead atoms. The van der Waals surface area contributed by atoms with E-state index in [0.717, 1.165) is 6.42 Å². The molecule has 0 aliphatic heterocycles. The summed E-state index contributed by atoms with van der Waals surface area (Å²) in [6.45, 7) is 1.10. The molecule has 0 aromatic carbocycles. The topological polar surface area (TPSA) is 91.2 Å². The quantitative estimate of drug-likeness (QED) is 0.642. The Morgan fingerprint density at radius 3 is 3.00 bits per heavy atom. The number of carbonyl (C=O) groups is 1. The number of hydrogen-bond donors (Lipinski definition) is 2. The first-order valence-electron chi connectivity index (χ1n) is 4.33. The largest absolute Gasteiger partial charge is 0.493 e. The van der Waals surface area contributed by atoms with Crippen molar-refractivity contribution >= 4 is 5.91 Å². The summed E-state index contributed by atoms with van der Waals surface area (Å²) in [7, 11) is 0. The second kappa shape index (κ2) is 5.18. The highest BCUT2D eigenvalue weighted by Crippen LogP contribution is 2.10. The lowest BCUT2D eigenvalue weighted by Gasteiger charge is -2.05. The summed E-state index contributed by atoms with van der Waals surface area (Å²) in [6, 6.07) is 3.18. The van der Waals surface area contributed by atoms with E-state index in [1.807, 2.05) is 0 Å². The summed E-state index contributed by atoms with van der Waals surface area (Å²) in [6.07, 6.45) is 2.26. The minimum Gasteiger partial charge on any atom is -0.493 e. The molecule has 5 nitrogen and oxygen atoms in total. The van der Waals surface area contributed by atoms with Crippen LogP contribution in [0.25, 0.3) is 0 Å². The van der Waals surface area contributed by atoms with Crippen LogP contribution < -0.4 is 16.2 Å². The predicted molar refractivity (Wildman–Crippen MR) is 51.9 cm³/mol. The van der Waals surface area contributed by atoms with Gasteiger partial charge in [-0.25, -0.2) is 0 Å². The molecule has 0 saturated carbocycles. The standard InChI is InChI=1S/C9H13N3O2/c10-3-1-5-14-7-2-4-12-8(6-7)9(11)13/h2,4,6H,1,3,5,10H2,(H2,11,13). The van der Waals surface area contributed by atoms with Crippen molar-refractivity contribution in [1.82, 2.24) is 4.98 Å². The van der Waals surface area contributed by atoms with Gasteiger partial charge in [0.2, 0.25) is 0 Å². The van der Waals surface area contributed by atoms with Crippen molar-refractivity contribution in [3.63, 3.8) is 0 Å². The molecule has 0 aliphatic rings. The highest BCUT2D eigenvalue weighted by Gasteiger charge is 2.02. The first-order chi connectivity index (χ1) is 6.74. The Morgan fingerprint density at radius 1 is 1.57 bits per heavy atom. The number of ether oxygens (including phenoxy) is 1. The van der Waals surface area contributed by atoms with Crippen molar-refractivity contribution in [1.29, 1.82) is 0 Å². The molecule has 14 heavy (non-hydrogen) atoms. The lowest BCUT2D eigenvalue weighted by atomic mass is 10.3. The van der Waals surface area contributed by atoms with Gasteiger partial charge in [-0.1, -0.05) is 0 Å². The van der Waals surface area contributed by atoms with Gasteiger partial charge >= 0.3 is 0 Å². The number of nitrogens with two attached hydrogens (primary N) is 2. The third kappa shape index (κ3) is 3.02. The number of aromatic nitrogens is 1. The Morgan fingerprint density at radius 2 is 2.36 bits per heavy atom. The molecule has 0 unspecified atom stereocenters. The Bertz CT molecular complexity index is 315. The van der Waals surface area contributed by atoms with Gasteiger partial charge in [0.1, 0.15) is 11.4 Å².